The van der Waals surface area contributed by atoms with Crippen LogP contribution in [0.5, 0.6) is 11.5 Å². The van der Waals surface area contributed by atoms with Gasteiger partial charge in [-0.05, 0) is 51.7 Å². The number of aromatic nitrogens is 5. The molecule has 0 saturated heterocycles. The van der Waals surface area contributed by atoms with Gasteiger partial charge in [0.05, 0.1) is 18.6 Å². The quantitative estimate of drug-likeness (QED) is 0.344. The molecule has 11 heteroatoms. The summed E-state index contributed by atoms with van der Waals surface area (Å²) in [4.78, 5) is 19.2. The molecule has 0 saturated carbocycles. The van der Waals surface area contributed by atoms with E-state index in [0.717, 1.165) is 15.8 Å². The number of hydrogen-bond acceptors (Lipinski definition) is 8. The number of nitrogens with one attached hydrogen (secondary N) is 1. The predicted octanol–water partition coefficient (Wildman–Crippen LogP) is 3.69. The van der Waals surface area contributed by atoms with Gasteiger partial charge in [-0.3, -0.25) is 9.69 Å². The van der Waals surface area contributed by atoms with Crippen LogP contribution in [0.3, 0.4) is 0 Å². The van der Waals surface area contributed by atoms with E-state index in [1.807, 2.05) is 23.6 Å². The van der Waals surface area contributed by atoms with Crippen molar-refractivity contribution in [2.75, 3.05) is 6.79 Å². The minimum atomic E-state index is -0.289. The maximum absolute atomic E-state index is 13.3. The van der Waals surface area contributed by atoms with E-state index in [9.17, 15) is 9.18 Å². The van der Waals surface area contributed by atoms with E-state index >= 15 is 0 Å². The Balaban J connectivity index is 1.28. The molecule has 0 aliphatic carbocycles. The monoisotopic (exact) mass is 504 g/mol. The summed E-state index contributed by atoms with van der Waals surface area (Å²) in [5, 5.41) is 15.1. The smallest absolute Gasteiger partial charge is 0.252 e. The molecule has 2 aromatic carbocycles. The van der Waals surface area contributed by atoms with Crippen LogP contribution in [0.1, 0.15) is 21.8 Å². The molecule has 36 heavy (non-hydrogen) atoms. The third-order valence-corrected chi connectivity index (χ3v) is 6.85. The van der Waals surface area contributed by atoms with Gasteiger partial charge in [0, 0.05) is 35.0 Å². The summed E-state index contributed by atoms with van der Waals surface area (Å²) in [6, 6.07) is 15.9. The molecule has 0 unspecified atom stereocenters. The molecule has 1 aliphatic rings. The van der Waals surface area contributed by atoms with Gasteiger partial charge in [-0.1, -0.05) is 18.2 Å². The maximum atomic E-state index is 13.3. The van der Waals surface area contributed by atoms with Gasteiger partial charge in [0.25, 0.3) is 5.56 Å². The Labute approximate surface area is 208 Å². The summed E-state index contributed by atoms with van der Waals surface area (Å²) in [6.45, 7) is 2.02. The number of tetrazole rings is 1. The Morgan fingerprint density at radius 1 is 1.06 bits per heavy atom. The fraction of sp³-hybridized carbons (Fsp3) is 0.200. The van der Waals surface area contributed by atoms with Crippen molar-refractivity contribution >= 4 is 22.2 Å². The van der Waals surface area contributed by atoms with Crippen LogP contribution in [-0.4, -0.2) is 36.9 Å². The lowest BCUT2D eigenvalue weighted by atomic mass is 10.1. The molecule has 5 aromatic rings. The average Bonchev–Trinajstić information content (AvgIpc) is 3.63. The van der Waals surface area contributed by atoms with Crippen molar-refractivity contribution in [3.63, 3.8) is 0 Å². The lowest BCUT2D eigenvalue weighted by molar-refractivity contribution is 0.174. The first-order valence-corrected chi connectivity index (χ1v) is 12.2. The zero-order valence-corrected chi connectivity index (χ0v) is 19.9. The number of ether oxygens (including phenoxy) is 2. The topological polar surface area (TPSA) is 98.2 Å². The minimum Gasteiger partial charge on any atom is -0.454 e. The fourth-order valence-corrected chi connectivity index (χ4v) is 4.96. The van der Waals surface area contributed by atoms with Crippen LogP contribution in [0.4, 0.5) is 4.39 Å². The van der Waals surface area contributed by atoms with Crippen molar-refractivity contribution in [2.45, 2.75) is 26.2 Å². The van der Waals surface area contributed by atoms with Crippen molar-refractivity contribution in [3.8, 4) is 11.5 Å². The van der Waals surface area contributed by atoms with Crippen LogP contribution in [0.15, 0.2) is 64.8 Å². The maximum Gasteiger partial charge on any atom is 0.252 e. The molecule has 0 atom stereocenters. The van der Waals surface area contributed by atoms with E-state index < -0.39 is 0 Å². The van der Waals surface area contributed by atoms with Crippen LogP contribution in [0, 0.1) is 5.82 Å². The molecule has 0 bridgehead atoms. The highest BCUT2D eigenvalue weighted by Crippen LogP contribution is 2.35. The number of nitrogens with zero attached hydrogens (tertiary/aromatic N) is 5. The average molecular weight is 505 g/mol. The number of aromatic amines is 1. The number of H-pyrrole nitrogens is 1. The summed E-state index contributed by atoms with van der Waals surface area (Å²) in [5.41, 5.74) is 2.04. The zero-order chi connectivity index (χ0) is 24.5. The van der Waals surface area contributed by atoms with Gasteiger partial charge in [-0.25, -0.2) is 9.07 Å². The van der Waals surface area contributed by atoms with Crippen molar-refractivity contribution in [1.82, 2.24) is 30.1 Å². The van der Waals surface area contributed by atoms with Crippen molar-refractivity contribution < 1.29 is 13.9 Å². The van der Waals surface area contributed by atoms with Crippen molar-refractivity contribution in [1.29, 1.82) is 0 Å². The number of rotatable bonds is 8. The van der Waals surface area contributed by atoms with Gasteiger partial charge >= 0.3 is 0 Å². The van der Waals surface area contributed by atoms with Crippen LogP contribution >= 0.6 is 11.3 Å². The Morgan fingerprint density at radius 2 is 1.89 bits per heavy atom. The Morgan fingerprint density at radius 3 is 2.69 bits per heavy atom. The molecule has 1 aliphatic heterocycles. The van der Waals surface area contributed by atoms with Crippen LogP contribution < -0.4 is 15.0 Å². The third-order valence-electron chi connectivity index (χ3n) is 5.98. The van der Waals surface area contributed by atoms with Gasteiger partial charge in [0.2, 0.25) is 6.79 Å². The molecule has 9 nitrogen and oxygen atoms in total. The van der Waals surface area contributed by atoms with Gasteiger partial charge in [0.1, 0.15) is 5.82 Å². The predicted molar refractivity (Wildman–Crippen MR) is 131 cm³/mol. The van der Waals surface area contributed by atoms with E-state index in [-0.39, 0.29) is 18.2 Å². The van der Waals surface area contributed by atoms with Crippen molar-refractivity contribution in [2.24, 2.45) is 0 Å². The van der Waals surface area contributed by atoms with Crippen molar-refractivity contribution in [3.05, 3.63) is 98.0 Å². The standard InChI is InChI=1S/C25H21FN6O3S/c26-19-5-3-16(4-6-19)11-32-24(28-29-30-32)14-31(13-20-2-1-7-36-20)12-18-8-17-9-22-23(35-15-34-22)10-21(17)27-25(18)33/h1-10H,11-15H2,(H,27,33). The Hall–Kier alpha value is -4.09. The number of thiophene rings is 1. The summed E-state index contributed by atoms with van der Waals surface area (Å²) in [6.07, 6.45) is 0. The number of fused-ring (bicyclic) bond motifs is 2. The number of benzene rings is 2. The highest BCUT2D eigenvalue weighted by atomic mass is 32.1. The summed E-state index contributed by atoms with van der Waals surface area (Å²) in [5.74, 6) is 1.65. The molecule has 0 fully saturated rings. The van der Waals surface area contributed by atoms with E-state index in [4.69, 9.17) is 9.47 Å². The Bertz CT molecular complexity index is 1570. The molecular formula is C25H21FN6O3S. The summed E-state index contributed by atoms with van der Waals surface area (Å²) >= 11 is 1.65. The molecule has 0 radical (unpaired) electrons. The summed E-state index contributed by atoms with van der Waals surface area (Å²) < 4.78 is 25.9. The first-order valence-electron chi connectivity index (χ1n) is 11.3. The second-order valence-electron chi connectivity index (χ2n) is 8.52. The highest BCUT2D eigenvalue weighted by molar-refractivity contribution is 7.09. The highest BCUT2D eigenvalue weighted by Gasteiger charge is 2.18. The minimum absolute atomic E-state index is 0.163. The normalized spacial score (nSPS) is 12.6. The molecule has 6 rings (SSSR count). The zero-order valence-electron chi connectivity index (χ0n) is 19.1. The second-order valence-corrected chi connectivity index (χ2v) is 9.55. The second kappa shape index (κ2) is 9.51. The molecule has 3 aromatic heterocycles. The lowest BCUT2D eigenvalue weighted by Crippen LogP contribution is -2.27. The third kappa shape index (κ3) is 4.70. The molecule has 1 N–H and O–H groups in total. The van der Waals surface area contributed by atoms with E-state index in [2.05, 4.69) is 31.5 Å². The molecule has 0 spiro atoms. The number of halogens is 1. The van der Waals surface area contributed by atoms with Gasteiger partial charge in [0.15, 0.2) is 17.3 Å². The number of pyridine rings is 1. The van der Waals surface area contributed by atoms with Crippen LogP contribution in [-0.2, 0) is 26.2 Å². The molecule has 0 amide bonds. The number of hydrogen-bond donors (Lipinski definition) is 1. The largest absolute Gasteiger partial charge is 0.454 e. The van der Waals surface area contributed by atoms with Crippen LogP contribution in [0.25, 0.3) is 10.9 Å². The summed E-state index contributed by atoms with van der Waals surface area (Å²) in [7, 11) is 0. The first-order chi connectivity index (χ1) is 17.6. The Kier molecular flexibility index (Phi) is 5.91. The molecule has 182 valence electrons. The van der Waals surface area contributed by atoms with Gasteiger partial charge < -0.3 is 14.5 Å². The van der Waals surface area contributed by atoms with Gasteiger partial charge in [-0.2, -0.15) is 0 Å². The van der Waals surface area contributed by atoms with E-state index in [1.165, 1.54) is 12.1 Å². The first kappa shape index (κ1) is 22.4. The van der Waals surface area contributed by atoms with Gasteiger partial charge in [-0.15, -0.1) is 16.4 Å². The van der Waals surface area contributed by atoms with E-state index in [0.29, 0.717) is 54.6 Å². The lowest BCUT2D eigenvalue weighted by Gasteiger charge is -2.21. The fourth-order valence-electron chi connectivity index (χ4n) is 4.21. The molecular weight excluding hydrogens is 483 g/mol. The molecule has 4 heterocycles. The van der Waals surface area contributed by atoms with E-state index in [1.54, 1.807) is 34.2 Å². The van der Waals surface area contributed by atoms with Crippen LogP contribution in [0.2, 0.25) is 0 Å². The SMILES string of the molecule is O=c1[nH]c2cc3c(cc2cc1CN(Cc1cccs1)Cc1nnnn1Cc1ccc(F)cc1)OCO3.